The van der Waals surface area contributed by atoms with Crippen molar-refractivity contribution in [3.05, 3.63) is 29.8 Å². The summed E-state index contributed by atoms with van der Waals surface area (Å²) in [7, 11) is 0. The van der Waals surface area contributed by atoms with Crippen molar-refractivity contribution in [2.75, 3.05) is 13.2 Å². The summed E-state index contributed by atoms with van der Waals surface area (Å²) in [4.78, 5) is 11.8. The van der Waals surface area contributed by atoms with Crippen molar-refractivity contribution >= 4 is 6.09 Å². The standard InChI is InChI=1S/C17H22F3NO4/c1-16(2,3)25-15(22)21-12-8-14(10-23-9-12)24-13-6-4-5-11(7-13)17(18,19)20/h4-7,12,14H,8-10H2,1-3H3,(H,21,22). The maximum absolute atomic E-state index is 12.7. The predicted molar refractivity (Wildman–Crippen MR) is 84.5 cm³/mol. The van der Waals surface area contributed by atoms with Crippen LogP contribution in [0.25, 0.3) is 0 Å². The number of rotatable bonds is 3. The van der Waals surface area contributed by atoms with Gasteiger partial charge in [0.2, 0.25) is 0 Å². The van der Waals surface area contributed by atoms with Crippen LogP contribution in [0.15, 0.2) is 24.3 Å². The minimum atomic E-state index is -4.43. The fraction of sp³-hybridized carbons (Fsp3) is 0.588. The number of carbonyl (C=O) groups excluding carboxylic acids is 1. The zero-order valence-corrected chi connectivity index (χ0v) is 14.4. The summed E-state index contributed by atoms with van der Waals surface area (Å²) in [6.45, 7) is 5.79. The lowest BCUT2D eigenvalue weighted by Crippen LogP contribution is -2.48. The van der Waals surface area contributed by atoms with E-state index in [1.165, 1.54) is 12.1 Å². The average molecular weight is 361 g/mol. The molecule has 5 nitrogen and oxygen atoms in total. The van der Waals surface area contributed by atoms with Gasteiger partial charge in [-0.2, -0.15) is 13.2 Å². The van der Waals surface area contributed by atoms with Crippen molar-refractivity contribution in [1.29, 1.82) is 0 Å². The van der Waals surface area contributed by atoms with Crippen LogP contribution in [0.3, 0.4) is 0 Å². The van der Waals surface area contributed by atoms with Crippen molar-refractivity contribution in [3.63, 3.8) is 0 Å². The van der Waals surface area contributed by atoms with Crippen LogP contribution in [0.1, 0.15) is 32.8 Å². The summed E-state index contributed by atoms with van der Waals surface area (Å²) in [6, 6.07) is 4.35. The lowest BCUT2D eigenvalue weighted by Gasteiger charge is -2.31. The molecule has 25 heavy (non-hydrogen) atoms. The van der Waals surface area contributed by atoms with Crippen LogP contribution in [0.2, 0.25) is 0 Å². The van der Waals surface area contributed by atoms with Gasteiger partial charge in [-0.05, 0) is 39.0 Å². The first-order chi connectivity index (χ1) is 11.5. The Morgan fingerprint density at radius 2 is 1.96 bits per heavy atom. The molecule has 8 heteroatoms. The Balaban J connectivity index is 1.92. The van der Waals surface area contributed by atoms with E-state index in [0.717, 1.165) is 12.1 Å². The molecule has 1 saturated heterocycles. The van der Waals surface area contributed by atoms with E-state index in [-0.39, 0.29) is 18.4 Å². The first-order valence-corrected chi connectivity index (χ1v) is 7.94. The van der Waals surface area contributed by atoms with Crippen molar-refractivity contribution in [1.82, 2.24) is 5.32 Å². The van der Waals surface area contributed by atoms with Crippen LogP contribution in [0, 0.1) is 0 Å². The number of amides is 1. The van der Waals surface area contributed by atoms with Gasteiger partial charge in [0.1, 0.15) is 17.5 Å². The number of ether oxygens (including phenoxy) is 3. The summed E-state index contributed by atoms with van der Waals surface area (Å²) in [5.41, 5.74) is -1.39. The maximum Gasteiger partial charge on any atom is 0.416 e. The predicted octanol–water partition coefficient (Wildman–Crippen LogP) is 3.77. The van der Waals surface area contributed by atoms with Gasteiger partial charge in [-0.3, -0.25) is 0 Å². The molecule has 1 aliphatic heterocycles. The van der Waals surface area contributed by atoms with Crippen LogP contribution in [0.5, 0.6) is 5.75 Å². The number of alkyl carbamates (subject to hydrolysis) is 1. The lowest BCUT2D eigenvalue weighted by atomic mass is 10.1. The number of alkyl halides is 3. The molecule has 1 N–H and O–H groups in total. The van der Waals surface area contributed by atoms with Gasteiger partial charge in [-0.25, -0.2) is 4.79 Å². The minimum absolute atomic E-state index is 0.112. The fourth-order valence-corrected chi connectivity index (χ4v) is 2.39. The van der Waals surface area contributed by atoms with Crippen LogP contribution in [0.4, 0.5) is 18.0 Å². The molecule has 1 aliphatic rings. The largest absolute Gasteiger partial charge is 0.488 e. The van der Waals surface area contributed by atoms with E-state index in [1.54, 1.807) is 20.8 Å². The van der Waals surface area contributed by atoms with Crippen LogP contribution in [-0.2, 0) is 15.7 Å². The Hall–Kier alpha value is -1.96. The summed E-state index contributed by atoms with van der Waals surface area (Å²) in [5.74, 6) is 0.112. The Morgan fingerprint density at radius 1 is 1.24 bits per heavy atom. The highest BCUT2D eigenvalue weighted by molar-refractivity contribution is 5.68. The van der Waals surface area contributed by atoms with Crippen molar-refractivity contribution in [3.8, 4) is 5.75 Å². The molecule has 0 aromatic heterocycles. The molecule has 1 aromatic carbocycles. The Kier molecular flexibility index (Phi) is 5.82. The van der Waals surface area contributed by atoms with Gasteiger partial charge in [-0.1, -0.05) is 6.07 Å². The zero-order chi connectivity index (χ0) is 18.7. The number of hydrogen-bond donors (Lipinski definition) is 1. The average Bonchev–Trinajstić information content (AvgIpc) is 2.45. The molecular weight excluding hydrogens is 339 g/mol. The van der Waals surface area contributed by atoms with E-state index < -0.39 is 29.5 Å². The smallest absolute Gasteiger partial charge is 0.416 e. The Labute approximate surface area is 144 Å². The molecule has 0 aliphatic carbocycles. The first-order valence-electron chi connectivity index (χ1n) is 7.94. The zero-order valence-electron chi connectivity index (χ0n) is 14.4. The van der Waals surface area contributed by atoms with Crippen molar-refractivity contribution in [2.45, 2.75) is 51.1 Å². The monoisotopic (exact) mass is 361 g/mol. The molecule has 0 saturated carbocycles. The van der Waals surface area contributed by atoms with Crippen LogP contribution < -0.4 is 10.1 Å². The lowest BCUT2D eigenvalue weighted by molar-refractivity contribution is -0.137. The molecule has 0 bridgehead atoms. The highest BCUT2D eigenvalue weighted by Gasteiger charge is 2.31. The Bertz CT molecular complexity index is 598. The van der Waals surface area contributed by atoms with E-state index in [1.807, 2.05) is 0 Å². The molecular formula is C17H22F3NO4. The van der Waals surface area contributed by atoms with Gasteiger partial charge in [0.15, 0.2) is 0 Å². The summed E-state index contributed by atoms with van der Waals surface area (Å²) in [6.07, 6.45) is -5.04. The van der Waals surface area contributed by atoms with E-state index in [9.17, 15) is 18.0 Å². The molecule has 0 radical (unpaired) electrons. The number of carbonyl (C=O) groups is 1. The molecule has 2 unspecified atom stereocenters. The number of nitrogens with one attached hydrogen (secondary N) is 1. The highest BCUT2D eigenvalue weighted by atomic mass is 19.4. The topological polar surface area (TPSA) is 56.8 Å². The quantitative estimate of drug-likeness (QED) is 0.891. The van der Waals surface area contributed by atoms with Gasteiger partial charge < -0.3 is 19.5 Å². The molecule has 1 fully saturated rings. The normalized spacial score (nSPS) is 21.5. The molecule has 2 atom stereocenters. The van der Waals surface area contributed by atoms with E-state index in [0.29, 0.717) is 13.0 Å². The third-order valence-corrected chi connectivity index (χ3v) is 3.36. The fourth-order valence-electron chi connectivity index (χ4n) is 2.39. The number of benzene rings is 1. The van der Waals surface area contributed by atoms with Gasteiger partial charge in [0, 0.05) is 6.42 Å². The molecule has 1 aromatic rings. The van der Waals surface area contributed by atoms with Crippen LogP contribution in [-0.4, -0.2) is 37.1 Å². The third kappa shape index (κ3) is 6.45. The SMILES string of the molecule is CC(C)(C)OC(=O)NC1COCC(Oc2cccc(C(F)(F)F)c2)C1. The molecule has 140 valence electrons. The van der Waals surface area contributed by atoms with Crippen molar-refractivity contribution in [2.24, 2.45) is 0 Å². The molecule has 2 rings (SSSR count). The van der Waals surface area contributed by atoms with E-state index in [4.69, 9.17) is 14.2 Å². The summed E-state index contributed by atoms with van der Waals surface area (Å²) in [5, 5.41) is 2.68. The van der Waals surface area contributed by atoms with Gasteiger partial charge in [0.25, 0.3) is 0 Å². The molecule has 1 amide bonds. The maximum atomic E-state index is 12.7. The Morgan fingerprint density at radius 3 is 2.60 bits per heavy atom. The van der Waals surface area contributed by atoms with Gasteiger partial charge in [0.05, 0.1) is 24.8 Å². The third-order valence-electron chi connectivity index (χ3n) is 3.36. The number of halogens is 3. The number of hydrogen-bond acceptors (Lipinski definition) is 4. The highest BCUT2D eigenvalue weighted by Crippen LogP contribution is 2.31. The van der Waals surface area contributed by atoms with E-state index >= 15 is 0 Å². The van der Waals surface area contributed by atoms with Crippen LogP contribution >= 0.6 is 0 Å². The molecule has 0 spiro atoms. The van der Waals surface area contributed by atoms with E-state index in [2.05, 4.69) is 5.32 Å². The summed E-state index contributed by atoms with van der Waals surface area (Å²) < 4.78 is 54.4. The first kappa shape index (κ1) is 19.4. The van der Waals surface area contributed by atoms with Gasteiger partial charge >= 0.3 is 12.3 Å². The molecule has 1 heterocycles. The second-order valence-electron chi connectivity index (χ2n) is 6.88. The second-order valence-corrected chi connectivity index (χ2v) is 6.88. The second kappa shape index (κ2) is 7.51. The van der Waals surface area contributed by atoms with Crippen molar-refractivity contribution < 1.29 is 32.2 Å². The summed E-state index contributed by atoms with van der Waals surface area (Å²) >= 11 is 0. The van der Waals surface area contributed by atoms with Gasteiger partial charge in [-0.15, -0.1) is 0 Å². The minimum Gasteiger partial charge on any atom is -0.488 e.